The average molecular weight is 221 g/mol. The quantitative estimate of drug-likeness (QED) is 0.797. The average Bonchev–Trinajstić information content (AvgIpc) is 2.24. The van der Waals surface area contributed by atoms with Crippen LogP contribution in [0.25, 0.3) is 0 Å². The molecule has 2 N–H and O–H groups in total. The Bertz CT molecular complexity index is 336. The molecule has 3 heteroatoms. The van der Waals surface area contributed by atoms with Crippen molar-refractivity contribution in [1.82, 2.24) is 5.32 Å². The second-order valence-electron chi connectivity index (χ2n) is 4.28. The summed E-state index contributed by atoms with van der Waals surface area (Å²) in [7, 11) is 1.83. The van der Waals surface area contributed by atoms with Crippen LogP contribution in [-0.4, -0.2) is 24.8 Å². The van der Waals surface area contributed by atoms with E-state index in [2.05, 4.69) is 5.32 Å². The van der Waals surface area contributed by atoms with Gasteiger partial charge in [0.25, 0.3) is 0 Å². The molecule has 1 unspecified atom stereocenters. The van der Waals surface area contributed by atoms with Gasteiger partial charge in [-0.25, -0.2) is 0 Å². The summed E-state index contributed by atoms with van der Waals surface area (Å²) < 4.78 is 5.86. The molecule has 2 rings (SSSR count). The van der Waals surface area contributed by atoms with Crippen molar-refractivity contribution in [2.24, 2.45) is 0 Å². The molecule has 3 nitrogen and oxygen atoms in total. The standard InChI is InChI=1S/C13H19NO2/c1-14-9-12(15)11-7-2-3-8-13(11)16-10-5-4-6-10/h2-3,7-8,10,12,14-15H,4-6,9H2,1H3. The first-order valence-electron chi connectivity index (χ1n) is 5.89. The van der Waals surface area contributed by atoms with Gasteiger partial charge < -0.3 is 15.2 Å². The van der Waals surface area contributed by atoms with Gasteiger partial charge in [-0.1, -0.05) is 18.2 Å². The summed E-state index contributed by atoms with van der Waals surface area (Å²) in [6.45, 7) is 0.547. The zero-order valence-electron chi connectivity index (χ0n) is 9.65. The summed E-state index contributed by atoms with van der Waals surface area (Å²) >= 11 is 0. The third-order valence-electron chi connectivity index (χ3n) is 3.02. The van der Waals surface area contributed by atoms with Crippen molar-refractivity contribution in [2.45, 2.75) is 31.5 Å². The molecule has 0 saturated heterocycles. The minimum Gasteiger partial charge on any atom is -0.490 e. The summed E-state index contributed by atoms with van der Waals surface area (Å²) in [5, 5.41) is 12.9. The van der Waals surface area contributed by atoms with Crippen LogP contribution in [0, 0.1) is 0 Å². The summed E-state index contributed by atoms with van der Waals surface area (Å²) in [6.07, 6.45) is 3.38. The lowest BCUT2D eigenvalue weighted by Gasteiger charge is -2.28. The van der Waals surface area contributed by atoms with Gasteiger partial charge in [0.2, 0.25) is 0 Å². The molecule has 1 aromatic rings. The van der Waals surface area contributed by atoms with E-state index in [-0.39, 0.29) is 0 Å². The fourth-order valence-electron chi connectivity index (χ4n) is 1.83. The lowest BCUT2D eigenvalue weighted by Crippen LogP contribution is -2.26. The van der Waals surface area contributed by atoms with E-state index in [1.807, 2.05) is 31.3 Å². The van der Waals surface area contributed by atoms with E-state index < -0.39 is 6.10 Å². The molecular formula is C13H19NO2. The number of aliphatic hydroxyl groups is 1. The minimum absolute atomic E-state index is 0.350. The smallest absolute Gasteiger partial charge is 0.125 e. The second-order valence-corrected chi connectivity index (χ2v) is 4.28. The van der Waals surface area contributed by atoms with Gasteiger partial charge in [0.05, 0.1) is 12.2 Å². The van der Waals surface area contributed by atoms with Crippen LogP contribution in [0.2, 0.25) is 0 Å². The number of hydrogen-bond acceptors (Lipinski definition) is 3. The predicted molar refractivity (Wildman–Crippen MR) is 63.6 cm³/mol. The van der Waals surface area contributed by atoms with Crippen LogP contribution in [0.5, 0.6) is 5.75 Å². The SMILES string of the molecule is CNCC(O)c1ccccc1OC1CCC1. The topological polar surface area (TPSA) is 41.5 Å². The van der Waals surface area contributed by atoms with Crippen molar-refractivity contribution in [3.05, 3.63) is 29.8 Å². The predicted octanol–water partition coefficient (Wildman–Crippen LogP) is 1.87. The molecule has 0 spiro atoms. The van der Waals surface area contributed by atoms with Gasteiger partial charge in [-0.2, -0.15) is 0 Å². The molecule has 1 aliphatic rings. The first kappa shape index (κ1) is 11.4. The van der Waals surface area contributed by atoms with Gasteiger partial charge in [-0.3, -0.25) is 0 Å². The fourth-order valence-corrected chi connectivity index (χ4v) is 1.83. The highest BCUT2D eigenvalue weighted by atomic mass is 16.5. The molecule has 16 heavy (non-hydrogen) atoms. The Balaban J connectivity index is 2.09. The Kier molecular flexibility index (Phi) is 3.80. The summed E-state index contributed by atoms with van der Waals surface area (Å²) in [5.41, 5.74) is 0.878. The van der Waals surface area contributed by atoms with Crippen molar-refractivity contribution >= 4 is 0 Å². The fraction of sp³-hybridized carbons (Fsp3) is 0.538. The van der Waals surface area contributed by atoms with Crippen LogP contribution < -0.4 is 10.1 Å². The maximum Gasteiger partial charge on any atom is 0.125 e. The second kappa shape index (κ2) is 5.32. The normalized spacial score (nSPS) is 17.9. The van der Waals surface area contributed by atoms with Crippen molar-refractivity contribution < 1.29 is 9.84 Å². The molecule has 0 aromatic heterocycles. The van der Waals surface area contributed by atoms with Crippen LogP contribution >= 0.6 is 0 Å². The largest absolute Gasteiger partial charge is 0.490 e. The van der Waals surface area contributed by atoms with Crippen LogP contribution in [0.15, 0.2) is 24.3 Å². The molecule has 1 atom stereocenters. The van der Waals surface area contributed by atoms with E-state index in [1.165, 1.54) is 6.42 Å². The number of likely N-dealkylation sites (N-methyl/N-ethyl adjacent to an activating group) is 1. The van der Waals surface area contributed by atoms with Crippen LogP contribution in [-0.2, 0) is 0 Å². The number of benzene rings is 1. The molecule has 1 aromatic carbocycles. The summed E-state index contributed by atoms with van der Waals surface area (Å²) in [5.74, 6) is 0.829. The Hall–Kier alpha value is -1.06. The number of aliphatic hydroxyl groups excluding tert-OH is 1. The third-order valence-corrected chi connectivity index (χ3v) is 3.02. The molecule has 0 aliphatic heterocycles. The zero-order chi connectivity index (χ0) is 11.4. The molecule has 88 valence electrons. The van der Waals surface area contributed by atoms with Gasteiger partial charge in [0.15, 0.2) is 0 Å². The summed E-state index contributed by atoms with van der Waals surface area (Å²) in [6, 6.07) is 7.74. The molecule has 0 radical (unpaired) electrons. The van der Waals surface area contributed by atoms with Gasteiger partial charge >= 0.3 is 0 Å². The van der Waals surface area contributed by atoms with E-state index in [4.69, 9.17) is 4.74 Å². The first-order valence-corrected chi connectivity index (χ1v) is 5.89. The highest BCUT2D eigenvalue weighted by Gasteiger charge is 2.21. The number of hydrogen-bond donors (Lipinski definition) is 2. The lowest BCUT2D eigenvalue weighted by molar-refractivity contribution is 0.110. The highest BCUT2D eigenvalue weighted by molar-refractivity contribution is 5.35. The molecular weight excluding hydrogens is 202 g/mol. The minimum atomic E-state index is -0.499. The van der Waals surface area contributed by atoms with E-state index in [0.717, 1.165) is 24.2 Å². The van der Waals surface area contributed by atoms with E-state index in [0.29, 0.717) is 12.6 Å². The molecule has 1 aliphatic carbocycles. The van der Waals surface area contributed by atoms with Crippen LogP contribution in [0.4, 0.5) is 0 Å². The number of ether oxygens (including phenoxy) is 1. The molecule has 0 bridgehead atoms. The number of para-hydroxylation sites is 1. The third kappa shape index (κ3) is 2.54. The highest BCUT2D eigenvalue weighted by Crippen LogP contribution is 2.30. The van der Waals surface area contributed by atoms with Gasteiger partial charge in [0, 0.05) is 12.1 Å². The van der Waals surface area contributed by atoms with Crippen molar-refractivity contribution in [2.75, 3.05) is 13.6 Å². The summed E-state index contributed by atoms with van der Waals surface area (Å²) in [4.78, 5) is 0. The van der Waals surface area contributed by atoms with Gasteiger partial charge in [0.1, 0.15) is 5.75 Å². The van der Waals surface area contributed by atoms with Gasteiger partial charge in [-0.05, 0) is 32.4 Å². The lowest BCUT2D eigenvalue weighted by atomic mass is 9.96. The van der Waals surface area contributed by atoms with Crippen molar-refractivity contribution in [3.8, 4) is 5.75 Å². The Morgan fingerprint density at radius 2 is 2.19 bits per heavy atom. The maximum atomic E-state index is 9.96. The van der Waals surface area contributed by atoms with E-state index >= 15 is 0 Å². The molecule has 1 fully saturated rings. The van der Waals surface area contributed by atoms with Crippen molar-refractivity contribution in [3.63, 3.8) is 0 Å². The number of rotatable bonds is 5. The number of nitrogens with one attached hydrogen (secondary N) is 1. The van der Waals surface area contributed by atoms with E-state index in [1.54, 1.807) is 0 Å². The monoisotopic (exact) mass is 221 g/mol. The first-order chi connectivity index (χ1) is 7.81. The Morgan fingerprint density at radius 3 is 2.81 bits per heavy atom. The zero-order valence-corrected chi connectivity index (χ0v) is 9.65. The van der Waals surface area contributed by atoms with E-state index in [9.17, 15) is 5.11 Å². The van der Waals surface area contributed by atoms with Gasteiger partial charge in [-0.15, -0.1) is 0 Å². The van der Waals surface area contributed by atoms with Crippen molar-refractivity contribution in [1.29, 1.82) is 0 Å². The Labute approximate surface area is 96.4 Å². The Morgan fingerprint density at radius 1 is 1.44 bits per heavy atom. The maximum absolute atomic E-state index is 9.96. The van der Waals surface area contributed by atoms with Crippen LogP contribution in [0.1, 0.15) is 30.9 Å². The molecule has 1 saturated carbocycles. The van der Waals surface area contributed by atoms with Crippen LogP contribution in [0.3, 0.4) is 0 Å². The molecule has 0 amide bonds. The molecule has 0 heterocycles.